The summed E-state index contributed by atoms with van der Waals surface area (Å²) >= 11 is 0. The second-order valence-electron chi connectivity index (χ2n) is 10.2. The lowest BCUT2D eigenvalue weighted by Crippen LogP contribution is -2.41. The Morgan fingerprint density at radius 3 is 1.52 bits per heavy atom. The van der Waals surface area contributed by atoms with Gasteiger partial charge in [-0.2, -0.15) is 0 Å². The molecule has 2 rings (SSSR count). The molecule has 2 saturated heterocycles. The van der Waals surface area contributed by atoms with Crippen molar-refractivity contribution >= 4 is 20.2 Å². The van der Waals surface area contributed by atoms with E-state index in [0.717, 1.165) is 25.7 Å². The smallest absolute Gasteiger partial charge is 0.478 e. The molecule has 0 amide bonds. The van der Waals surface area contributed by atoms with Crippen LogP contribution < -0.4 is 0 Å². The van der Waals surface area contributed by atoms with Crippen LogP contribution in [0.2, 0.25) is 0 Å². The molecule has 2 aliphatic rings. The van der Waals surface area contributed by atoms with Gasteiger partial charge in [-0.15, -0.1) is 0 Å². The van der Waals surface area contributed by atoms with Crippen LogP contribution in [0.15, 0.2) is 10.9 Å². The summed E-state index contributed by atoms with van der Waals surface area (Å²) < 4.78 is 24.6. The number of aliphatic carboxylic acids is 1. The lowest BCUT2D eigenvalue weighted by Gasteiger charge is -2.32. The fraction of sp³-hybridized carbons (Fsp3) is 0.857. The first kappa shape index (κ1) is 24.4. The van der Waals surface area contributed by atoms with E-state index in [0.29, 0.717) is 11.9 Å². The average Bonchev–Trinajstić information content (AvgIpc) is 2.89. The molecule has 2 heterocycles. The highest BCUT2D eigenvalue weighted by Crippen LogP contribution is 2.43. The van der Waals surface area contributed by atoms with Crippen LogP contribution in [-0.2, 0) is 23.4 Å². The summed E-state index contributed by atoms with van der Waals surface area (Å²) in [7, 11) is -1.69. The summed E-state index contributed by atoms with van der Waals surface area (Å²) in [5.41, 5.74) is -1.62. The minimum absolute atomic E-state index is 0.110. The van der Waals surface area contributed by atoms with Gasteiger partial charge in [-0.05, 0) is 67.3 Å². The molecule has 164 valence electrons. The fourth-order valence-electron chi connectivity index (χ4n) is 3.46. The Morgan fingerprint density at radius 1 is 0.724 bits per heavy atom. The van der Waals surface area contributed by atoms with Gasteiger partial charge >= 0.3 is 20.2 Å². The largest absolute Gasteiger partial charge is 0.501 e. The first-order chi connectivity index (χ1) is 13.2. The van der Waals surface area contributed by atoms with Crippen molar-refractivity contribution in [3.05, 3.63) is 10.9 Å². The lowest BCUT2D eigenvalue weighted by molar-refractivity contribution is -0.132. The van der Waals surface area contributed by atoms with Gasteiger partial charge in [0.1, 0.15) is 0 Å². The number of carbonyl (C=O) groups is 1. The van der Waals surface area contributed by atoms with E-state index in [4.69, 9.17) is 18.6 Å². The molecule has 0 spiro atoms. The van der Waals surface area contributed by atoms with Crippen molar-refractivity contribution in [2.24, 2.45) is 0 Å². The zero-order valence-electron chi connectivity index (χ0n) is 19.7. The number of carboxylic acid groups (broad SMARTS) is 1. The van der Waals surface area contributed by atoms with Crippen LogP contribution >= 0.6 is 0 Å². The van der Waals surface area contributed by atoms with E-state index in [1.807, 2.05) is 55.4 Å². The minimum Gasteiger partial charge on any atom is -0.478 e. The summed E-state index contributed by atoms with van der Waals surface area (Å²) in [6.45, 7) is 17.7. The molecule has 0 atom stereocenters. The number of carboxylic acids is 1. The number of unbranched alkanes of at least 4 members (excludes halogenated alkanes) is 3. The van der Waals surface area contributed by atoms with E-state index in [1.165, 1.54) is 0 Å². The van der Waals surface area contributed by atoms with E-state index in [9.17, 15) is 9.90 Å². The third-order valence-electron chi connectivity index (χ3n) is 6.90. The molecule has 0 radical (unpaired) electrons. The van der Waals surface area contributed by atoms with Crippen LogP contribution in [0.25, 0.3) is 0 Å². The summed E-state index contributed by atoms with van der Waals surface area (Å²) in [6.07, 6.45) is 4.68. The van der Waals surface area contributed by atoms with Crippen LogP contribution in [0.4, 0.5) is 0 Å². The van der Waals surface area contributed by atoms with Crippen LogP contribution in [0.5, 0.6) is 0 Å². The molecule has 8 heteroatoms. The Morgan fingerprint density at radius 2 is 1.14 bits per heavy atom. The average molecular weight is 408 g/mol. The molecule has 0 aromatic rings. The van der Waals surface area contributed by atoms with Crippen molar-refractivity contribution < 1.29 is 28.5 Å². The molecule has 0 unspecified atom stereocenters. The Kier molecular flexibility index (Phi) is 7.06. The molecule has 0 aliphatic carbocycles. The van der Waals surface area contributed by atoms with Crippen LogP contribution in [0, 0.1) is 0 Å². The highest BCUT2D eigenvalue weighted by atomic mass is 16.7. The van der Waals surface area contributed by atoms with Gasteiger partial charge in [-0.25, -0.2) is 4.79 Å². The van der Waals surface area contributed by atoms with Gasteiger partial charge < -0.3 is 23.7 Å². The predicted molar refractivity (Wildman–Crippen MR) is 116 cm³/mol. The maximum absolute atomic E-state index is 12.4. The monoisotopic (exact) mass is 408 g/mol. The molecule has 2 aliphatic heterocycles. The SMILES string of the molecule is CCCCCCC(B1OC(C)(C)C(C)(C)O1)=C(B1OC(C)(C)C(C)(C)O1)C(=O)O. The first-order valence-corrected chi connectivity index (χ1v) is 10.8. The summed E-state index contributed by atoms with van der Waals surface area (Å²) in [6, 6.07) is 0. The van der Waals surface area contributed by atoms with Gasteiger partial charge in [0.15, 0.2) is 0 Å². The molecule has 29 heavy (non-hydrogen) atoms. The standard InChI is InChI=1S/C21H38B2O6/c1-10-11-12-13-14-15(22-26-18(2,3)19(4,5)27-22)16(17(24)25)23-28-20(6,7)21(8,9)29-23/h10-14H2,1-9H3,(H,24,25). The predicted octanol–water partition coefficient (Wildman–Crippen LogP) is 4.60. The molecular formula is C21H38B2O6. The zero-order valence-corrected chi connectivity index (χ0v) is 19.7. The Bertz CT molecular complexity index is 622. The van der Waals surface area contributed by atoms with Gasteiger partial charge in [-0.1, -0.05) is 32.6 Å². The molecule has 0 bridgehead atoms. The molecule has 0 aromatic carbocycles. The quantitative estimate of drug-likeness (QED) is 0.360. The van der Waals surface area contributed by atoms with Gasteiger partial charge in [0, 0.05) is 0 Å². The van der Waals surface area contributed by atoms with Crippen LogP contribution in [0.1, 0.15) is 94.4 Å². The van der Waals surface area contributed by atoms with Gasteiger partial charge in [-0.3, -0.25) is 0 Å². The van der Waals surface area contributed by atoms with Gasteiger partial charge in [0.05, 0.1) is 27.9 Å². The highest BCUT2D eigenvalue weighted by Gasteiger charge is 2.57. The lowest BCUT2D eigenvalue weighted by atomic mass is 9.63. The van der Waals surface area contributed by atoms with Crippen molar-refractivity contribution in [3.63, 3.8) is 0 Å². The molecule has 1 N–H and O–H groups in total. The first-order valence-electron chi connectivity index (χ1n) is 10.8. The molecule has 6 nitrogen and oxygen atoms in total. The molecule has 2 fully saturated rings. The normalized spacial score (nSPS) is 25.3. The maximum atomic E-state index is 12.4. The second kappa shape index (κ2) is 8.37. The van der Waals surface area contributed by atoms with E-state index in [1.54, 1.807) is 0 Å². The summed E-state index contributed by atoms with van der Waals surface area (Å²) in [5, 5.41) is 10.1. The Labute approximate surface area is 177 Å². The third-order valence-corrected chi connectivity index (χ3v) is 6.90. The third kappa shape index (κ3) is 4.92. The fourth-order valence-corrected chi connectivity index (χ4v) is 3.46. The molecular weight excluding hydrogens is 370 g/mol. The van der Waals surface area contributed by atoms with Crippen molar-refractivity contribution in [1.29, 1.82) is 0 Å². The molecule has 0 aromatic heterocycles. The minimum atomic E-state index is -1.05. The van der Waals surface area contributed by atoms with Crippen LogP contribution in [0.3, 0.4) is 0 Å². The maximum Gasteiger partial charge on any atom is 0.501 e. The van der Waals surface area contributed by atoms with Gasteiger partial charge in [0.2, 0.25) is 0 Å². The van der Waals surface area contributed by atoms with Crippen molar-refractivity contribution in [3.8, 4) is 0 Å². The molecule has 0 saturated carbocycles. The second-order valence-corrected chi connectivity index (χ2v) is 10.2. The Balaban J connectivity index is 2.45. The summed E-state index contributed by atoms with van der Waals surface area (Å²) in [4.78, 5) is 12.4. The zero-order chi connectivity index (χ0) is 22.3. The topological polar surface area (TPSA) is 74.2 Å². The van der Waals surface area contributed by atoms with Crippen LogP contribution in [-0.4, -0.2) is 47.7 Å². The van der Waals surface area contributed by atoms with Crippen molar-refractivity contribution in [1.82, 2.24) is 0 Å². The van der Waals surface area contributed by atoms with Crippen molar-refractivity contribution in [2.45, 2.75) is 117 Å². The highest BCUT2D eigenvalue weighted by molar-refractivity contribution is 6.67. The summed E-state index contributed by atoms with van der Waals surface area (Å²) in [5.74, 6) is -1.05. The number of hydrogen-bond acceptors (Lipinski definition) is 5. The van der Waals surface area contributed by atoms with Gasteiger partial charge in [0.25, 0.3) is 0 Å². The number of hydrogen-bond donors (Lipinski definition) is 1. The van der Waals surface area contributed by atoms with E-state index >= 15 is 0 Å². The number of rotatable bonds is 8. The Hall–Kier alpha value is -0.820. The van der Waals surface area contributed by atoms with Crippen molar-refractivity contribution in [2.75, 3.05) is 0 Å². The van der Waals surface area contributed by atoms with E-state index < -0.39 is 42.6 Å². The van der Waals surface area contributed by atoms with E-state index in [2.05, 4.69) is 6.92 Å². The number of allylic oxidation sites excluding steroid dienone is 1. The van der Waals surface area contributed by atoms with E-state index in [-0.39, 0.29) is 5.47 Å².